The molecule has 7 nitrogen and oxygen atoms in total. The van der Waals surface area contributed by atoms with Crippen molar-refractivity contribution < 1.29 is 4.52 Å². The Morgan fingerprint density at radius 1 is 1.41 bits per heavy atom. The topological polar surface area (TPSA) is 81.1 Å². The van der Waals surface area contributed by atoms with E-state index in [2.05, 4.69) is 30.1 Å². The van der Waals surface area contributed by atoms with Gasteiger partial charge in [-0.15, -0.1) is 5.10 Å². The maximum absolute atomic E-state index is 4.63. The van der Waals surface area contributed by atoms with E-state index in [4.69, 9.17) is 0 Å². The Morgan fingerprint density at radius 3 is 3.18 bits per heavy atom. The molecule has 86 valence electrons. The molecule has 0 aliphatic heterocycles. The van der Waals surface area contributed by atoms with E-state index in [9.17, 15) is 0 Å². The van der Waals surface area contributed by atoms with E-state index in [1.165, 1.54) is 6.39 Å². The van der Waals surface area contributed by atoms with Crippen LogP contribution in [-0.2, 0) is 6.54 Å². The monoisotopic (exact) mass is 230 g/mol. The van der Waals surface area contributed by atoms with Crippen LogP contribution in [0.3, 0.4) is 0 Å². The van der Waals surface area contributed by atoms with Gasteiger partial charge in [-0.2, -0.15) is 9.97 Å². The van der Waals surface area contributed by atoms with Crippen LogP contribution in [-0.4, -0.2) is 24.7 Å². The Labute approximate surface area is 96.5 Å². The Bertz CT molecular complexity index is 629. The fourth-order valence-electron chi connectivity index (χ4n) is 1.49. The smallest absolute Gasteiger partial charge is 0.243 e. The summed E-state index contributed by atoms with van der Waals surface area (Å²) in [4.78, 5) is 8.20. The van der Waals surface area contributed by atoms with Crippen LogP contribution in [0.4, 0.5) is 5.95 Å². The Morgan fingerprint density at radius 2 is 2.35 bits per heavy atom. The Kier molecular flexibility index (Phi) is 2.21. The predicted octanol–water partition coefficient (Wildman–Crippen LogP) is 1.03. The van der Waals surface area contributed by atoms with Gasteiger partial charge in [0.25, 0.3) is 0 Å². The normalized spacial score (nSPS) is 10.9. The molecule has 3 heterocycles. The fraction of sp³-hybridized carbons (Fsp3) is 0.200. The molecule has 1 N–H and O–H groups in total. The minimum Gasteiger partial charge on any atom is -0.345 e. The minimum atomic E-state index is 0.437. The second kappa shape index (κ2) is 3.85. The molecule has 0 saturated carbocycles. The molecule has 0 aliphatic carbocycles. The van der Waals surface area contributed by atoms with Crippen LogP contribution in [0.1, 0.15) is 11.4 Å². The lowest BCUT2D eigenvalue weighted by Crippen LogP contribution is -2.02. The van der Waals surface area contributed by atoms with Crippen LogP contribution in [0.25, 0.3) is 5.65 Å². The molecule has 7 heteroatoms. The lowest BCUT2D eigenvalue weighted by molar-refractivity contribution is 0.411. The summed E-state index contributed by atoms with van der Waals surface area (Å²) >= 11 is 0. The number of aromatic nitrogens is 5. The van der Waals surface area contributed by atoms with Gasteiger partial charge in [-0.1, -0.05) is 11.2 Å². The van der Waals surface area contributed by atoms with Gasteiger partial charge in [0.1, 0.15) is 0 Å². The number of nitrogens with zero attached hydrogens (tertiary/aromatic N) is 5. The van der Waals surface area contributed by atoms with E-state index in [1.54, 1.807) is 4.52 Å². The maximum atomic E-state index is 4.63. The first kappa shape index (κ1) is 9.76. The zero-order valence-electron chi connectivity index (χ0n) is 9.16. The average Bonchev–Trinajstić information content (AvgIpc) is 2.94. The highest BCUT2D eigenvalue weighted by molar-refractivity contribution is 5.44. The minimum absolute atomic E-state index is 0.437. The highest BCUT2D eigenvalue weighted by Gasteiger charge is 2.04. The second-order valence-corrected chi connectivity index (χ2v) is 3.65. The largest absolute Gasteiger partial charge is 0.345 e. The molecule has 3 rings (SSSR count). The van der Waals surface area contributed by atoms with Crippen LogP contribution in [0, 0.1) is 6.92 Å². The second-order valence-electron chi connectivity index (χ2n) is 3.65. The van der Waals surface area contributed by atoms with Crippen LogP contribution in [0.15, 0.2) is 29.2 Å². The van der Waals surface area contributed by atoms with Gasteiger partial charge in [-0.25, -0.2) is 4.52 Å². The highest BCUT2D eigenvalue weighted by Crippen LogP contribution is 2.07. The first-order valence-corrected chi connectivity index (χ1v) is 5.13. The van der Waals surface area contributed by atoms with Crippen LogP contribution in [0.2, 0.25) is 0 Å². The molecular formula is C10H10N6O. The maximum Gasteiger partial charge on any atom is 0.243 e. The van der Waals surface area contributed by atoms with Crippen molar-refractivity contribution in [1.29, 1.82) is 0 Å². The first-order chi connectivity index (χ1) is 8.31. The average molecular weight is 230 g/mol. The van der Waals surface area contributed by atoms with Crippen molar-refractivity contribution >= 4 is 11.6 Å². The Hall–Kier alpha value is -2.44. The molecule has 17 heavy (non-hydrogen) atoms. The van der Waals surface area contributed by atoms with Crippen molar-refractivity contribution in [3.05, 3.63) is 36.1 Å². The summed E-state index contributed by atoms with van der Waals surface area (Å²) in [6.45, 7) is 2.44. The summed E-state index contributed by atoms with van der Waals surface area (Å²) < 4.78 is 6.36. The summed E-state index contributed by atoms with van der Waals surface area (Å²) in [7, 11) is 0. The molecule has 0 atom stereocenters. The molecule has 3 aromatic rings. The van der Waals surface area contributed by atoms with E-state index in [-0.39, 0.29) is 0 Å². The third-order valence-corrected chi connectivity index (χ3v) is 2.29. The number of aryl methyl sites for hydroxylation is 1. The fourth-order valence-corrected chi connectivity index (χ4v) is 1.49. The van der Waals surface area contributed by atoms with E-state index >= 15 is 0 Å². The molecular weight excluding hydrogens is 220 g/mol. The van der Waals surface area contributed by atoms with Crippen molar-refractivity contribution in [3.8, 4) is 0 Å². The Balaban J connectivity index is 1.81. The molecule has 0 spiro atoms. The van der Waals surface area contributed by atoms with Gasteiger partial charge < -0.3 is 9.84 Å². The SMILES string of the molecule is Cc1ccc2nc(NCc3ncon3)nn2c1. The molecule has 0 fully saturated rings. The third-order valence-electron chi connectivity index (χ3n) is 2.29. The zero-order chi connectivity index (χ0) is 11.7. The summed E-state index contributed by atoms with van der Waals surface area (Å²) in [6.07, 6.45) is 3.21. The molecule has 3 aromatic heterocycles. The highest BCUT2D eigenvalue weighted by atomic mass is 16.5. The standard InChI is InChI=1S/C10H10N6O/c1-7-2-3-9-13-10(14-16(9)5-7)11-4-8-12-6-17-15-8/h2-3,5-6H,4H2,1H3,(H,11,14). The van der Waals surface area contributed by atoms with Crippen molar-refractivity contribution in [2.45, 2.75) is 13.5 Å². The summed E-state index contributed by atoms with van der Waals surface area (Å²) in [5.41, 5.74) is 1.93. The predicted molar refractivity (Wildman–Crippen MR) is 59.3 cm³/mol. The molecule has 0 aromatic carbocycles. The summed E-state index contributed by atoms with van der Waals surface area (Å²) in [5.74, 6) is 1.11. The molecule has 0 bridgehead atoms. The number of pyridine rings is 1. The van der Waals surface area contributed by atoms with Crippen LogP contribution in [0.5, 0.6) is 0 Å². The summed E-state index contributed by atoms with van der Waals surface area (Å²) in [6, 6.07) is 3.91. The van der Waals surface area contributed by atoms with E-state index in [0.717, 1.165) is 11.2 Å². The third kappa shape index (κ3) is 1.94. The van der Waals surface area contributed by atoms with E-state index in [0.29, 0.717) is 18.3 Å². The molecule has 0 saturated heterocycles. The van der Waals surface area contributed by atoms with Crippen LogP contribution >= 0.6 is 0 Å². The molecule has 0 unspecified atom stereocenters. The molecule has 0 amide bonds. The van der Waals surface area contributed by atoms with E-state index in [1.807, 2.05) is 25.3 Å². The van der Waals surface area contributed by atoms with Crippen molar-refractivity contribution in [2.75, 3.05) is 5.32 Å². The quantitative estimate of drug-likeness (QED) is 0.723. The number of anilines is 1. The molecule has 0 radical (unpaired) electrons. The number of hydrogen-bond acceptors (Lipinski definition) is 6. The lowest BCUT2D eigenvalue weighted by atomic mass is 10.3. The van der Waals surface area contributed by atoms with Crippen molar-refractivity contribution in [1.82, 2.24) is 24.7 Å². The number of nitrogens with one attached hydrogen (secondary N) is 1. The van der Waals surface area contributed by atoms with Crippen molar-refractivity contribution in [3.63, 3.8) is 0 Å². The van der Waals surface area contributed by atoms with E-state index < -0.39 is 0 Å². The molecule has 0 aliphatic rings. The number of rotatable bonds is 3. The van der Waals surface area contributed by atoms with Gasteiger partial charge in [-0.3, -0.25) is 0 Å². The van der Waals surface area contributed by atoms with Gasteiger partial charge in [0, 0.05) is 6.20 Å². The lowest BCUT2D eigenvalue weighted by Gasteiger charge is -1.94. The van der Waals surface area contributed by atoms with Gasteiger partial charge in [0.05, 0.1) is 6.54 Å². The van der Waals surface area contributed by atoms with Gasteiger partial charge >= 0.3 is 0 Å². The van der Waals surface area contributed by atoms with Gasteiger partial charge in [-0.05, 0) is 18.6 Å². The van der Waals surface area contributed by atoms with Crippen molar-refractivity contribution in [2.24, 2.45) is 0 Å². The number of fused-ring (bicyclic) bond motifs is 1. The summed E-state index contributed by atoms with van der Waals surface area (Å²) in [5, 5.41) is 11.0. The zero-order valence-corrected chi connectivity index (χ0v) is 9.16. The first-order valence-electron chi connectivity index (χ1n) is 5.13. The number of hydrogen-bond donors (Lipinski definition) is 1. The van der Waals surface area contributed by atoms with Crippen LogP contribution < -0.4 is 5.32 Å². The van der Waals surface area contributed by atoms with Gasteiger partial charge in [0.2, 0.25) is 12.3 Å². The van der Waals surface area contributed by atoms with Gasteiger partial charge in [0.15, 0.2) is 11.5 Å².